The van der Waals surface area contributed by atoms with Gasteiger partial charge in [-0.15, -0.1) is 11.3 Å². The molecule has 0 saturated heterocycles. The van der Waals surface area contributed by atoms with Gasteiger partial charge in [0.15, 0.2) is 0 Å². The Morgan fingerprint density at radius 3 is 2.43 bits per heavy atom. The topological polar surface area (TPSA) is 43.4 Å². The summed E-state index contributed by atoms with van der Waals surface area (Å²) in [7, 11) is 1.34. The predicted molar refractivity (Wildman–Crippen MR) is 124 cm³/mol. The van der Waals surface area contributed by atoms with Crippen molar-refractivity contribution >= 4 is 40.8 Å². The van der Waals surface area contributed by atoms with Crippen molar-refractivity contribution in [2.24, 2.45) is 0 Å². The molecule has 0 atom stereocenters. The molecule has 1 aromatic heterocycles. The number of benzene rings is 2. The van der Waals surface area contributed by atoms with Gasteiger partial charge in [0, 0.05) is 16.0 Å². The van der Waals surface area contributed by atoms with Crippen LogP contribution >= 0.6 is 22.9 Å². The third-order valence-corrected chi connectivity index (χ3v) is 6.13. The van der Waals surface area contributed by atoms with Crippen LogP contribution in [-0.4, -0.2) is 18.9 Å². The zero-order valence-corrected chi connectivity index (χ0v) is 18.9. The summed E-state index contributed by atoms with van der Waals surface area (Å²) < 4.78 is 4.87. The van der Waals surface area contributed by atoms with Crippen LogP contribution in [0.15, 0.2) is 60.0 Å². The number of rotatable bonds is 6. The van der Waals surface area contributed by atoms with Crippen LogP contribution in [0.25, 0.3) is 6.08 Å². The molecule has 0 saturated carbocycles. The fourth-order valence-electron chi connectivity index (χ4n) is 3.18. The van der Waals surface area contributed by atoms with Crippen molar-refractivity contribution in [2.75, 3.05) is 7.11 Å². The maximum Gasteiger partial charge on any atom is 0.338 e. The molecule has 5 heteroatoms. The Morgan fingerprint density at radius 2 is 1.77 bits per heavy atom. The zero-order valence-electron chi connectivity index (χ0n) is 17.4. The van der Waals surface area contributed by atoms with Crippen molar-refractivity contribution in [1.82, 2.24) is 0 Å². The van der Waals surface area contributed by atoms with E-state index in [2.05, 4.69) is 0 Å². The van der Waals surface area contributed by atoms with E-state index in [0.717, 1.165) is 16.0 Å². The normalized spacial score (nSPS) is 11.6. The van der Waals surface area contributed by atoms with Gasteiger partial charge in [-0.25, -0.2) is 4.79 Å². The average molecular weight is 439 g/mol. The summed E-state index contributed by atoms with van der Waals surface area (Å²) in [6.45, 7) is 6.09. The first-order valence-electron chi connectivity index (χ1n) is 9.49. The number of hydrogen-bond acceptors (Lipinski definition) is 4. The zero-order chi connectivity index (χ0) is 21.9. The Labute approximate surface area is 186 Å². The number of ether oxygens (including phenoxy) is 1. The number of hydrogen-bond donors (Lipinski definition) is 0. The van der Waals surface area contributed by atoms with Gasteiger partial charge in [-0.05, 0) is 41.6 Å². The summed E-state index contributed by atoms with van der Waals surface area (Å²) in [4.78, 5) is 25.9. The third kappa shape index (κ3) is 4.72. The fraction of sp³-hybridized carbons (Fsp3) is 0.200. The maximum atomic E-state index is 13.1. The lowest BCUT2D eigenvalue weighted by molar-refractivity contribution is 0.0600. The second kappa shape index (κ2) is 8.99. The first kappa shape index (κ1) is 22.0. The van der Waals surface area contributed by atoms with E-state index in [1.54, 1.807) is 18.2 Å². The molecule has 0 aliphatic heterocycles. The highest BCUT2D eigenvalue weighted by Gasteiger charge is 2.26. The van der Waals surface area contributed by atoms with Crippen LogP contribution in [-0.2, 0) is 10.2 Å². The molecule has 3 nitrogen and oxygen atoms in total. The van der Waals surface area contributed by atoms with Gasteiger partial charge in [0.05, 0.1) is 17.6 Å². The standard InChI is InChI=1S/C25H23ClO3S/c1-16-5-7-18(8-6-16)22(27)23-21(12-14-30-23)25(2,3)13-11-17-9-10-19(26)15-20(17)24(28)29-4/h5-15H,1-4H3. The van der Waals surface area contributed by atoms with Crippen molar-refractivity contribution in [1.29, 1.82) is 0 Å². The van der Waals surface area contributed by atoms with E-state index < -0.39 is 11.4 Å². The van der Waals surface area contributed by atoms with Crippen molar-refractivity contribution in [3.8, 4) is 0 Å². The number of carbonyl (C=O) groups excluding carboxylic acids is 2. The molecule has 3 rings (SSSR count). The van der Waals surface area contributed by atoms with Gasteiger partial charge in [-0.1, -0.05) is 73.5 Å². The summed E-state index contributed by atoms with van der Waals surface area (Å²) in [6, 6.07) is 14.7. The van der Waals surface area contributed by atoms with E-state index in [1.807, 2.05) is 68.6 Å². The molecule has 0 spiro atoms. The summed E-state index contributed by atoms with van der Waals surface area (Å²) in [5.74, 6) is -0.427. The Hall–Kier alpha value is -2.69. The smallest absolute Gasteiger partial charge is 0.338 e. The highest BCUT2D eigenvalue weighted by Crippen LogP contribution is 2.34. The summed E-state index contributed by atoms with van der Waals surface area (Å²) in [6.07, 6.45) is 3.87. The Morgan fingerprint density at radius 1 is 1.07 bits per heavy atom. The van der Waals surface area contributed by atoms with E-state index in [-0.39, 0.29) is 5.78 Å². The van der Waals surface area contributed by atoms with Crippen LogP contribution in [0.3, 0.4) is 0 Å². The molecule has 0 amide bonds. The van der Waals surface area contributed by atoms with Crippen LogP contribution in [0, 0.1) is 6.92 Å². The average Bonchev–Trinajstić information content (AvgIpc) is 3.23. The third-order valence-electron chi connectivity index (χ3n) is 4.98. The Bertz CT molecular complexity index is 1110. The van der Waals surface area contributed by atoms with Crippen LogP contribution < -0.4 is 0 Å². The van der Waals surface area contributed by atoms with E-state index in [0.29, 0.717) is 21.7 Å². The molecule has 0 fully saturated rings. The largest absolute Gasteiger partial charge is 0.465 e. The SMILES string of the molecule is COC(=O)c1cc(Cl)ccc1C=CC(C)(C)c1ccsc1C(=O)c1ccc(C)cc1. The van der Waals surface area contributed by atoms with Gasteiger partial charge >= 0.3 is 5.97 Å². The molecule has 1 heterocycles. The van der Waals surface area contributed by atoms with Crippen molar-refractivity contribution in [3.63, 3.8) is 0 Å². The monoisotopic (exact) mass is 438 g/mol. The minimum absolute atomic E-state index is 0.0169. The number of thiophene rings is 1. The van der Waals surface area contributed by atoms with Crippen LogP contribution in [0.4, 0.5) is 0 Å². The second-order valence-electron chi connectivity index (χ2n) is 7.64. The van der Waals surface area contributed by atoms with E-state index in [1.165, 1.54) is 18.4 Å². The number of allylic oxidation sites excluding steroid dienone is 1. The molecule has 154 valence electrons. The molecule has 2 aromatic carbocycles. The van der Waals surface area contributed by atoms with E-state index >= 15 is 0 Å². The lowest BCUT2D eigenvalue weighted by Crippen LogP contribution is -2.17. The maximum absolute atomic E-state index is 13.1. The lowest BCUT2D eigenvalue weighted by atomic mass is 9.83. The number of methoxy groups -OCH3 is 1. The predicted octanol–water partition coefficient (Wildman–Crippen LogP) is 6.72. The first-order valence-corrected chi connectivity index (χ1v) is 10.7. The summed E-state index contributed by atoms with van der Waals surface area (Å²) in [5.41, 5.74) is 3.42. The quantitative estimate of drug-likeness (QED) is 0.317. The highest BCUT2D eigenvalue weighted by atomic mass is 35.5. The molecular formula is C25H23ClO3S. The summed E-state index contributed by atoms with van der Waals surface area (Å²) >= 11 is 7.49. The van der Waals surface area contributed by atoms with Gasteiger partial charge in [0.2, 0.25) is 5.78 Å². The van der Waals surface area contributed by atoms with Crippen LogP contribution in [0.2, 0.25) is 5.02 Å². The Kier molecular flexibility index (Phi) is 6.59. The number of aryl methyl sites for hydroxylation is 1. The highest BCUT2D eigenvalue weighted by molar-refractivity contribution is 7.12. The fourth-order valence-corrected chi connectivity index (χ4v) is 4.37. The van der Waals surface area contributed by atoms with Gasteiger partial charge in [0.25, 0.3) is 0 Å². The first-order chi connectivity index (χ1) is 14.2. The molecule has 0 N–H and O–H groups in total. The summed E-state index contributed by atoms with van der Waals surface area (Å²) in [5, 5.41) is 2.41. The molecular weight excluding hydrogens is 416 g/mol. The van der Waals surface area contributed by atoms with Gasteiger partial charge in [0.1, 0.15) is 0 Å². The molecule has 0 radical (unpaired) electrons. The second-order valence-corrected chi connectivity index (χ2v) is 8.99. The van der Waals surface area contributed by atoms with Crippen molar-refractivity contribution in [3.05, 3.63) is 97.7 Å². The molecule has 30 heavy (non-hydrogen) atoms. The number of carbonyl (C=O) groups is 2. The number of esters is 1. The van der Waals surface area contributed by atoms with E-state index in [4.69, 9.17) is 16.3 Å². The van der Waals surface area contributed by atoms with E-state index in [9.17, 15) is 9.59 Å². The molecule has 0 bridgehead atoms. The minimum atomic E-state index is -0.444. The van der Waals surface area contributed by atoms with Crippen molar-refractivity contribution in [2.45, 2.75) is 26.2 Å². The molecule has 0 aliphatic rings. The van der Waals surface area contributed by atoms with Crippen molar-refractivity contribution < 1.29 is 14.3 Å². The van der Waals surface area contributed by atoms with Crippen LogP contribution in [0.1, 0.15) is 56.1 Å². The Balaban J connectivity index is 1.95. The van der Waals surface area contributed by atoms with Crippen LogP contribution in [0.5, 0.6) is 0 Å². The lowest BCUT2D eigenvalue weighted by Gasteiger charge is -2.21. The molecule has 3 aromatic rings. The number of ketones is 1. The molecule has 0 aliphatic carbocycles. The minimum Gasteiger partial charge on any atom is -0.465 e. The van der Waals surface area contributed by atoms with Gasteiger partial charge < -0.3 is 4.74 Å². The number of halogens is 1. The van der Waals surface area contributed by atoms with Gasteiger partial charge in [-0.2, -0.15) is 0 Å². The van der Waals surface area contributed by atoms with Gasteiger partial charge in [-0.3, -0.25) is 4.79 Å². The molecule has 0 unspecified atom stereocenters.